The third kappa shape index (κ3) is 8.24. The summed E-state index contributed by atoms with van der Waals surface area (Å²) >= 11 is 0. The van der Waals surface area contributed by atoms with Gasteiger partial charge in [-0.1, -0.05) is 13.0 Å². The normalized spacial score (nSPS) is 13.8. The van der Waals surface area contributed by atoms with Crippen LogP contribution in [0.15, 0.2) is 18.2 Å². The van der Waals surface area contributed by atoms with Gasteiger partial charge in [0.05, 0.1) is 7.11 Å². The Hall–Kier alpha value is -3.30. The first-order valence-corrected chi connectivity index (χ1v) is 11.2. The third-order valence-corrected chi connectivity index (χ3v) is 5.12. The fraction of sp³-hybridized carbons (Fsp3) is 0.583. The Balaban J connectivity index is 3.39. The molecule has 0 spiro atoms. The van der Waals surface area contributed by atoms with Crippen LogP contribution in [0.4, 0.5) is 4.79 Å². The molecular weight excluding hydrogens is 442 g/mol. The SMILES string of the molecule is CCC(C)N(C(=O)C(C)NC(=O)OC(C)(C)C)C(C(=O)NCC(=O)OC)c1ccc(O)c(C)c1. The Labute approximate surface area is 201 Å². The van der Waals surface area contributed by atoms with Gasteiger partial charge in [0.2, 0.25) is 11.8 Å². The highest BCUT2D eigenvalue weighted by Gasteiger charge is 2.37. The highest BCUT2D eigenvalue weighted by molar-refractivity contribution is 5.93. The van der Waals surface area contributed by atoms with Crippen molar-refractivity contribution in [2.24, 2.45) is 0 Å². The van der Waals surface area contributed by atoms with Crippen molar-refractivity contribution in [3.05, 3.63) is 29.3 Å². The van der Waals surface area contributed by atoms with E-state index in [2.05, 4.69) is 15.4 Å². The number of alkyl carbamates (subject to hydrolysis) is 1. The number of amides is 3. The van der Waals surface area contributed by atoms with Gasteiger partial charge in [-0.15, -0.1) is 0 Å². The van der Waals surface area contributed by atoms with Crippen LogP contribution >= 0.6 is 0 Å². The number of nitrogens with zero attached hydrogens (tertiary/aromatic N) is 1. The van der Waals surface area contributed by atoms with Crippen LogP contribution in [0.25, 0.3) is 0 Å². The number of rotatable bonds is 9. The molecule has 0 radical (unpaired) electrons. The molecule has 1 aromatic rings. The van der Waals surface area contributed by atoms with Crippen LogP contribution < -0.4 is 10.6 Å². The van der Waals surface area contributed by atoms with Gasteiger partial charge in [-0.3, -0.25) is 14.4 Å². The van der Waals surface area contributed by atoms with Crippen LogP contribution in [-0.2, 0) is 23.9 Å². The van der Waals surface area contributed by atoms with Gasteiger partial charge in [-0.2, -0.15) is 0 Å². The Morgan fingerprint density at radius 1 is 1.15 bits per heavy atom. The van der Waals surface area contributed by atoms with Crippen LogP contribution in [-0.4, -0.2) is 65.2 Å². The topological polar surface area (TPSA) is 134 Å². The van der Waals surface area contributed by atoms with Crippen LogP contribution in [0.3, 0.4) is 0 Å². The zero-order valence-corrected chi connectivity index (χ0v) is 21.2. The van der Waals surface area contributed by atoms with Crippen molar-refractivity contribution in [2.45, 2.75) is 78.6 Å². The van der Waals surface area contributed by atoms with Crippen molar-refractivity contribution in [3.63, 3.8) is 0 Å². The number of benzene rings is 1. The van der Waals surface area contributed by atoms with Crippen molar-refractivity contribution >= 4 is 23.9 Å². The van der Waals surface area contributed by atoms with Gasteiger partial charge in [-0.25, -0.2) is 4.79 Å². The molecule has 0 aromatic heterocycles. The molecule has 10 nitrogen and oxygen atoms in total. The minimum atomic E-state index is -1.13. The number of carbonyl (C=O) groups is 4. The van der Waals surface area contributed by atoms with Gasteiger partial charge in [-0.05, 0) is 71.2 Å². The van der Waals surface area contributed by atoms with Crippen LogP contribution in [0.1, 0.15) is 65.1 Å². The van der Waals surface area contributed by atoms with E-state index in [0.29, 0.717) is 17.5 Å². The lowest BCUT2D eigenvalue weighted by Gasteiger charge is -2.37. The number of aryl methyl sites for hydroxylation is 1. The van der Waals surface area contributed by atoms with E-state index >= 15 is 0 Å². The highest BCUT2D eigenvalue weighted by atomic mass is 16.6. The van der Waals surface area contributed by atoms with Crippen LogP contribution in [0.2, 0.25) is 0 Å². The number of ether oxygens (including phenoxy) is 2. The summed E-state index contributed by atoms with van der Waals surface area (Å²) in [4.78, 5) is 52.0. The number of phenolic OH excluding ortho intramolecular Hbond substituents is 1. The Morgan fingerprint density at radius 3 is 2.26 bits per heavy atom. The van der Waals surface area contributed by atoms with Crippen molar-refractivity contribution in [2.75, 3.05) is 13.7 Å². The molecule has 0 aliphatic rings. The Morgan fingerprint density at radius 2 is 1.76 bits per heavy atom. The molecule has 34 heavy (non-hydrogen) atoms. The number of hydrogen-bond donors (Lipinski definition) is 3. The standard InChI is InChI=1S/C24H37N3O7/c1-9-15(3)27(22(31)16(4)26-23(32)34-24(5,6)7)20(21(30)25-13-19(29)33-8)17-10-11-18(28)14(2)12-17/h10-12,15-16,20,28H,9,13H2,1-8H3,(H,25,30)(H,26,32). The second-order valence-electron chi connectivity index (χ2n) is 9.11. The zero-order chi connectivity index (χ0) is 26.2. The molecule has 1 rings (SSSR count). The van der Waals surface area contributed by atoms with Gasteiger partial charge in [0.1, 0.15) is 30.0 Å². The number of nitrogens with one attached hydrogen (secondary N) is 2. The van der Waals surface area contributed by atoms with E-state index < -0.39 is 47.6 Å². The van der Waals surface area contributed by atoms with Gasteiger partial charge in [0.25, 0.3) is 0 Å². The molecule has 190 valence electrons. The molecule has 0 heterocycles. The average molecular weight is 480 g/mol. The van der Waals surface area contributed by atoms with E-state index in [-0.39, 0.29) is 12.3 Å². The summed E-state index contributed by atoms with van der Waals surface area (Å²) in [5, 5.41) is 15.0. The van der Waals surface area contributed by atoms with E-state index in [1.165, 1.54) is 25.0 Å². The molecule has 3 N–H and O–H groups in total. The van der Waals surface area contributed by atoms with Crippen molar-refractivity contribution in [3.8, 4) is 5.75 Å². The molecule has 0 aliphatic carbocycles. The summed E-state index contributed by atoms with van der Waals surface area (Å²) < 4.78 is 9.84. The lowest BCUT2D eigenvalue weighted by Crippen LogP contribution is -2.54. The first kappa shape index (κ1) is 28.7. The molecule has 0 fully saturated rings. The Bertz CT molecular complexity index is 895. The van der Waals surface area contributed by atoms with E-state index in [0.717, 1.165) is 0 Å². The quantitative estimate of drug-likeness (QED) is 0.463. The number of methoxy groups -OCH3 is 1. The lowest BCUT2D eigenvalue weighted by molar-refractivity contribution is -0.146. The zero-order valence-electron chi connectivity index (χ0n) is 21.2. The number of phenols is 1. The molecule has 0 bridgehead atoms. The monoisotopic (exact) mass is 479 g/mol. The molecule has 0 saturated heterocycles. The minimum Gasteiger partial charge on any atom is -0.508 e. The number of aromatic hydroxyl groups is 1. The van der Waals surface area contributed by atoms with E-state index in [9.17, 15) is 24.3 Å². The maximum Gasteiger partial charge on any atom is 0.408 e. The summed E-state index contributed by atoms with van der Waals surface area (Å²) in [6.45, 7) is 11.6. The predicted molar refractivity (Wildman–Crippen MR) is 126 cm³/mol. The smallest absolute Gasteiger partial charge is 0.408 e. The number of carbonyl (C=O) groups excluding carboxylic acids is 4. The molecule has 3 atom stereocenters. The van der Waals surface area contributed by atoms with Gasteiger partial charge >= 0.3 is 12.1 Å². The highest BCUT2D eigenvalue weighted by Crippen LogP contribution is 2.29. The second kappa shape index (κ2) is 12.2. The molecule has 1 aromatic carbocycles. The first-order chi connectivity index (χ1) is 15.7. The molecular formula is C24H37N3O7. The average Bonchev–Trinajstić information content (AvgIpc) is 2.75. The summed E-state index contributed by atoms with van der Waals surface area (Å²) in [6, 6.07) is 2.05. The van der Waals surface area contributed by atoms with Crippen molar-refractivity contribution in [1.82, 2.24) is 15.5 Å². The second-order valence-corrected chi connectivity index (χ2v) is 9.11. The van der Waals surface area contributed by atoms with Crippen molar-refractivity contribution < 1.29 is 33.8 Å². The molecule has 3 unspecified atom stereocenters. The molecule has 0 saturated carbocycles. The van der Waals surface area contributed by atoms with Gasteiger partial charge < -0.3 is 30.1 Å². The van der Waals surface area contributed by atoms with Crippen molar-refractivity contribution in [1.29, 1.82) is 0 Å². The van der Waals surface area contributed by atoms with E-state index in [1.54, 1.807) is 46.8 Å². The molecule has 10 heteroatoms. The predicted octanol–water partition coefficient (Wildman–Crippen LogP) is 2.57. The number of esters is 1. The Kier molecular flexibility index (Phi) is 10.3. The third-order valence-electron chi connectivity index (χ3n) is 5.12. The summed E-state index contributed by atoms with van der Waals surface area (Å²) in [6.07, 6.45) is -0.243. The fourth-order valence-corrected chi connectivity index (χ4v) is 3.18. The van der Waals surface area contributed by atoms with Gasteiger partial charge in [0, 0.05) is 6.04 Å². The minimum absolute atomic E-state index is 0.0406. The van der Waals surface area contributed by atoms with E-state index in [1.807, 2.05) is 6.92 Å². The maximum atomic E-state index is 13.5. The molecule has 3 amide bonds. The van der Waals surface area contributed by atoms with Gasteiger partial charge in [0.15, 0.2) is 0 Å². The summed E-state index contributed by atoms with van der Waals surface area (Å²) in [7, 11) is 1.20. The maximum absolute atomic E-state index is 13.5. The summed E-state index contributed by atoms with van der Waals surface area (Å²) in [5.74, 6) is -1.72. The van der Waals surface area contributed by atoms with E-state index in [4.69, 9.17) is 4.74 Å². The largest absolute Gasteiger partial charge is 0.508 e. The van der Waals surface area contributed by atoms with Crippen LogP contribution in [0, 0.1) is 6.92 Å². The molecule has 0 aliphatic heterocycles. The first-order valence-electron chi connectivity index (χ1n) is 11.2. The summed E-state index contributed by atoms with van der Waals surface area (Å²) in [5.41, 5.74) is 0.207. The fourth-order valence-electron chi connectivity index (χ4n) is 3.18. The number of hydrogen-bond acceptors (Lipinski definition) is 7. The van der Waals surface area contributed by atoms with Crippen LogP contribution in [0.5, 0.6) is 5.75 Å². The lowest BCUT2D eigenvalue weighted by atomic mass is 9.98.